The van der Waals surface area contributed by atoms with E-state index in [1.807, 2.05) is 6.92 Å². The molecule has 36 heavy (non-hydrogen) atoms. The molecule has 12 nitrogen and oxygen atoms in total. The van der Waals surface area contributed by atoms with Crippen molar-refractivity contribution in [1.29, 1.82) is 0 Å². The molecule has 196 valence electrons. The Balaban J connectivity index is 2.11. The Hall–Kier alpha value is -3.36. The number of amidine groups is 1. The Morgan fingerprint density at radius 2 is 1.92 bits per heavy atom. The molecule has 1 aromatic heterocycles. The molecule has 14 heteroatoms. The van der Waals surface area contributed by atoms with Crippen LogP contribution in [-0.4, -0.2) is 58.8 Å². The van der Waals surface area contributed by atoms with Gasteiger partial charge in [0.1, 0.15) is 22.1 Å². The lowest BCUT2D eigenvalue weighted by molar-refractivity contribution is -0.137. The van der Waals surface area contributed by atoms with Crippen molar-refractivity contribution in [1.82, 2.24) is 9.62 Å². The summed E-state index contributed by atoms with van der Waals surface area (Å²) in [4.78, 5) is 11.5. The van der Waals surface area contributed by atoms with Gasteiger partial charge in [0.25, 0.3) is 10.0 Å². The number of hydrogen-bond acceptors (Lipinski definition) is 10. The molecule has 2 aromatic rings. The maximum absolute atomic E-state index is 12.9. The van der Waals surface area contributed by atoms with Crippen LogP contribution in [0.4, 0.5) is 5.69 Å². The normalized spacial score (nSPS) is 16.1. The smallest absolute Gasteiger partial charge is 0.354 e. The molecule has 3 N–H and O–H groups in total. The first-order valence-electron chi connectivity index (χ1n) is 10.9. The van der Waals surface area contributed by atoms with Gasteiger partial charge in [0, 0.05) is 14.1 Å². The van der Waals surface area contributed by atoms with E-state index >= 15 is 0 Å². The molecule has 0 saturated carbocycles. The van der Waals surface area contributed by atoms with Crippen molar-refractivity contribution in [3.05, 3.63) is 52.5 Å². The van der Waals surface area contributed by atoms with E-state index < -0.39 is 47.6 Å². The van der Waals surface area contributed by atoms with Gasteiger partial charge in [-0.05, 0) is 44.5 Å². The van der Waals surface area contributed by atoms with Crippen LogP contribution < -0.4 is 10.6 Å². The summed E-state index contributed by atoms with van der Waals surface area (Å²) in [5.74, 6) is -0.950. The molecule has 0 fully saturated rings. The van der Waals surface area contributed by atoms with Crippen LogP contribution in [0.2, 0.25) is 0 Å². The minimum absolute atomic E-state index is 0.0757. The molecule has 0 unspecified atom stereocenters. The summed E-state index contributed by atoms with van der Waals surface area (Å²) in [6.07, 6.45) is 0.446. The first kappa shape index (κ1) is 27.2. The number of sulfonamides is 2. The lowest BCUT2D eigenvalue weighted by Gasteiger charge is -2.20. The van der Waals surface area contributed by atoms with E-state index in [9.17, 15) is 26.7 Å². The molecule has 1 aliphatic heterocycles. The number of ether oxygens (including phenoxy) is 1. The topological polar surface area (TPSA) is 168 Å². The summed E-state index contributed by atoms with van der Waals surface area (Å²) in [5, 5.41) is 16.4. The number of furan rings is 1. The number of carbonyl (C=O) groups excluding carboxylic acids is 1. The van der Waals surface area contributed by atoms with Gasteiger partial charge in [-0.2, -0.15) is 8.42 Å². The zero-order valence-electron chi connectivity index (χ0n) is 20.4. The van der Waals surface area contributed by atoms with Crippen molar-refractivity contribution in [2.75, 3.05) is 26.0 Å². The number of aromatic hydroxyl groups is 1. The Morgan fingerprint density at radius 3 is 2.47 bits per heavy atom. The fourth-order valence-corrected chi connectivity index (χ4v) is 5.57. The molecule has 0 radical (unpaired) electrons. The van der Waals surface area contributed by atoms with Crippen LogP contribution in [-0.2, 0) is 29.6 Å². The first-order valence-corrected chi connectivity index (χ1v) is 13.8. The van der Waals surface area contributed by atoms with Gasteiger partial charge < -0.3 is 24.9 Å². The average molecular weight is 541 g/mol. The summed E-state index contributed by atoms with van der Waals surface area (Å²) in [7, 11) is -5.90. The number of para-hydroxylation sites is 1. The van der Waals surface area contributed by atoms with Gasteiger partial charge in [0.2, 0.25) is 14.9 Å². The van der Waals surface area contributed by atoms with Crippen molar-refractivity contribution >= 4 is 37.5 Å². The predicted octanol–water partition coefficient (Wildman–Crippen LogP) is 2.21. The van der Waals surface area contributed by atoms with Crippen LogP contribution in [0.25, 0.3) is 0 Å². The van der Waals surface area contributed by atoms with Gasteiger partial charge in [-0.15, -0.1) is 4.40 Å². The lowest BCUT2D eigenvalue weighted by atomic mass is 10.1. The second-order valence-corrected chi connectivity index (χ2v) is 11.6. The van der Waals surface area contributed by atoms with Crippen molar-refractivity contribution in [3.63, 3.8) is 0 Å². The zero-order valence-corrected chi connectivity index (χ0v) is 22.0. The molecule has 1 aliphatic rings. The molecule has 3 rings (SSSR count). The quantitative estimate of drug-likeness (QED) is 0.317. The van der Waals surface area contributed by atoms with Crippen LogP contribution in [0.3, 0.4) is 0 Å². The summed E-state index contributed by atoms with van der Waals surface area (Å²) in [5.41, 5.74) is -0.340. The van der Waals surface area contributed by atoms with E-state index in [1.165, 1.54) is 39.2 Å². The Bertz CT molecular complexity index is 1440. The molecule has 0 spiro atoms. The number of esters is 1. The number of benzene rings is 1. The SMILES string of the molecule is CCOC(=O)C1=C(N[C@H](CC)c2ccc(C)o2)C(Nc2cccc(S(=O)(=O)N(C)C)c2O)=NS1(=O)=O. The Morgan fingerprint density at radius 1 is 1.22 bits per heavy atom. The molecular formula is C22H28N4O8S2. The predicted molar refractivity (Wildman–Crippen MR) is 132 cm³/mol. The molecule has 0 aliphatic carbocycles. The van der Waals surface area contributed by atoms with Crippen molar-refractivity contribution < 1.29 is 35.9 Å². The van der Waals surface area contributed by atoms with Crippen molar-refractivity contribution in [2.45, 2.75) is 38.1 Å². The van der Waals surface area contributed by atoms with E-state index in [1.54, 1.807) is 19.1 Å². The van der Waals surface area contributed by atoms with Gasteiger partial charge in [-0.1, -0.05) is 13.0 Å². The molecule has 1 atom stereocenters. The summed E-state index contributed by atoms with van der Waals surface area (Å²) in [6.45, 7) is 5.04. The van der Waals surface area contributed by atoms with E-state index in [4.69, 9.17) is 9.15 Å². The highest BCUT2D eigenvalue weighted by Gasteiger charge is 2.40. The van der Waals surface area contributed by atoms with Gasteiger partial charge in [0.15, 0.2) is 11.6 Å². The second-order valence-electron chi connectivity index (χ2n) is 7.96. The maximum Gasteiger partial charge on any atom is 0.354 e. The maximum atomic E-state index is 12.9. The van der Waals surface area contributed by atoms with Gasteiger partial charge >= 0.3 is 5.97 Å². The average Bonchev–Trinajstić information content (AvgIpc) is 3.32. The molecule has 0 bridgehead atoms. The number of aryl methyl sites for hydroxylation is 1. The number of anilines is 1. The standard InChI is InChI=1S/C22H28N4O8S2/c1-6-14(16-12-11-13(3)34-16)23-18-20(22(28)33-7-2)35(29,30)25-21(18)24-15-9-8-10-17(19(15)27)36(31,32)26(4)5/h8-12,14,23,27H,6-7H2,1-5H3,(H,24,25)/t14-/m1/s1. The highest BCUT2D eigenvalue weighted by Crippen LogP contribution is 2.35. The van der Waals surface area contributed by atoms with Crippen LogP contribution in [0.1, 0.15) is 37.8 Å². The lowest BCUT2D eigenvalue weighted by Crippen LogP contribution is -2.30. The highest BCUT2D eigenvalue weighted by atomic mass is 32.2. The third-order valence-electron chi connectivity index (χ3n) is 5.24. The third-order valence-corrected chi connectivity index (χ3v) is 8.39. The number of nitrogens with one attached hydrogen (secondary N) is 2. The van der Waals surface area contributed by atoms with Gasteiger partial charge in [-0.3, -0.25) is 0 Å². The van der Waals surface area contributed by atoms with Crippen LogP contribution in [0.15, 0.2) is 54.6 Å². The molecule has 0 saturated heterocycles. The zero-order chi connectivity index (χ0) is 26.8. The Kier molecular flexibility index (Phi) is 7.81. The summed E-state index contributed by atoms with van der Waals surface area (Å²) < 4.78 is 66.2. The van der Waals surface area contributed by atoms with E-state index in [0.29, 0.717) is 17.9 Å². The minimum atomic E-state index is -4.49. The number of carbonyl (C=O) groups is 1. The van der Waals surface area contributed by atoms with Gasteiger partial charge in [0.05, 0.1) is 18.3 Å². The Labute approximate surface area is 209 Å². The van der Waals surface area contributed by atoms with E-state index in [2.05, 4.69) is 15.0 Å². The fraction of sp³-hybridized carbons (Fsp3) is 0.364. The second kappa shape index (κ2) is 10.3. The third kappa shape index (κ3) is 5.24. The summed E-state index contributed by atoms with van der Waals surface area (Å²) >= 11 is 0. The van der Waals surface area contributed by atoms with Crippen LogP contribution >= 0.6 is 0 Å². The molecule has 0 amide bonds. The molecule has 2 heterocycles. The number of hydrogen-bond donors (Lipinski definition) is 3. The van der Waals surface area contributed by atoms with E-state index in [0.717, 1.165) is 4.31 Å². The van der Waals surface area contributed by atoms with Crippen LogP contribution in [0.5, 0.6) is 5.75 Å². The highest BCUT2D eigenvalue weighted by molar-refractivity contribution is 7.95. The minimum Gasteiger partial charge on any atom is -0.504 e. The number of rotatable bonds is 9. The van der Waals surface area contributed by atoms with Crippen LogP contribution in [0, 0.1) is 6.92 Å². The monoisotopic (exact) mass is 540 g/mol. The number of phenols is 1. The number of nitrogens with zero attached hydrogens (tertiary/aromatic N) is 2. The van der Waals surface area contributed by atoms with Crippen molar-refractivity contribution in [3.8, 4) is 5.75 Å². The molecule has 1 aromatic carbocycles. The fourth-order valence-electron chi connectivity index (χ4n) is 3.42. The van der Waals surface area contributed by atoms with Crippen molar-refractivity contribution in [2.24, 2.45) is 4.40 Å². The summed E-state index contributed by atoms with van der Waals surface area (Å²) in [6, 6.07) is 6.82. The van der Waals surface area contributed by atoms with Gasteiger partial charge in [-0.25, -0.2) is 17.5 Å². The number of phenolic OH excluding ortho intramolecular Hbond substituents is 1. The molecular weight excluding hydrogens is 512 g/mol. The first-order chi connectivity index (χ1) is 16.8. The largest absolute Gasteiger partial charge is 0.504 e. The van der Waals surface area contributed by atoms with E-state index in [-0.39, 0.29) is 23.8 Å².